The summed E-state index contributed by atoms with van der Waals surface area (Å²) in [6.45, 7) is 5.87. The summed E-state index contributed by atoms with van der Waals surface area (Å²) in [5.74, 6) is 0. The number of nitrogens with one attached hydrogen (secondary N) is 1. The molecule has 3 aliphatic rings. The van der Waals surface area contributed by atoms with Crippen LogP contribution in [0.2, 0.25) is 0 Å². The summed E-state index contributed by atoms with van der Waals surface area (Å²) in [7, 11) is 0. The molecule has 0 aromatic rings. The predicted octanol–water partition coefficient (Wildman–Crippen LogP) is 3.37. The Hall–Kier alpha value is -0.770. The summed E-state index contributed by atoms with van der Waals surface area (Å²) in [4.78, 5) is 17.5. The molecule has 1 N–H and O–H groups in total. The normalized spacial score (nSPS) is 32.0. The second-order valence-corrected chi connectivity index (χ2v) is 7.42. The summed E-state index contributed by atoms with van der Waals surface area (Å²) in [6, 6.07) is 2.57. The third-order valence-electron chi connectivity index (χ3n) is 6.06. The molecule has 3 rings (SSSR count). The lowest BCUT2D eigenvalue weighted by Gasteiger charge is -2.45. The van der Waals surface area contributed by atoms with Gasteiger partial charge in [-0.3, -0.25) is 0 Å². The number of hydrogen-bond acceptors (Lipinski definition) is 2. The number of carbonyl (C=O) groups excluding carboxylic acids is 1. The zero-order valence-electron chi connectivity index (χ0n) is 14.4. The Labute approximate surface area is 135 Å². The zero-order chi connectivity index (χ0) is 15.5. The average Bonchev–Trinajstić information content (AvgIpc) is 2.88. The minimum Gasteiger partial charge on any atom is -0.325 e. The Bertz CT molecular complexity index is 365. The molecule has 2 bridgehead atoms. The number of rotatable bonds is 4. The third-order valence-corrected chi connectivity index (χ3v) is 6.06. The molecule has 2 atom stereocenters. The first-order valence-corrected chi connectivity index (χ1v) is 9.56. The monoisotopic (exact) mass is 307 g/mol. The fourth-order valence-corrected chi connectivity index (χ4v) is 4.88. The van der Waals surface area contributed by atoms with E-state index in [9.17, 15) is 4.79 Å². The van der Waals surface area contributed by atoms with E-state index in [-0.39, 0.29) is 0 Å². The third kappa shape index (κ3) is 3.27. The molecule has 0 aromatic carbocycles. The van der Waals surface area contributed by atoms with Crippen LogP contribution in [-0.2, 0) is 0 Å². The molecule has 2 amide bonds. The van der Waals surface area contributed by atoms with Crippen LogP contribution in [0.5, 0.6) is 0 Å². The Morgan fingerprint density at radius 1 is 0.909 bits per heavy atom. The van der Waals surface area contributed by atoms with Crippen molar-refractivity contribution in [2.45, 2.75) is 95.8 Å². The van der Waals surface area contributed by atoms with Crippen molar-refractivity contribution < 1.29 is 4.79 Å². The number of hydrogen-bond donors (Lipinski definition) is 1. The Balaban J connectivity index is 1.77. The summed E-state index contributed by atoms with van der Waals surface area (Å²) < 4.78 is 0. The molecule has 2 unspecified atom stereocenters. The number of urea groups is 1. The summed E-state index contributed by atoms with van der Waals surface area (Å²) >= 11 is 0. The largest absolute Gasteiger partial charge is 0.325 e. The summed E-state index contributed by atoms with van der Waals surface area (Å²) in [5.41, 5.74) is 0. The van der Waals surface area contributed by atoms with Gasteiger partial charge in [0.1, 0.15) is 0 Å². The molecule has 2 aliphatic heterocycles. The first-order valence-electron chi connectivity index (χ1n) is 9.56. The Kier molecular flexibility index (Phi) is 5.27. The van der Waals surface area contributed by atoms with Crippen LogP contribution in [0.1, 0.15) is 71.6 Å². The molecule has 1 saturated carbocycles. The summed E-state index contributed by atoms with van der Waals surface area (Å²) in [6.07, 6.45) is 11.3. The van der Waals surface area contributed by atoms with Crippen molar-refractivity contribution in [3.63, 3.8) is 0 Å². The highest BCUT2D eigenvalue weighted by Crippen LogP contribution is 2.34. The standard InChI is InChI=1S/C18H33N3O/c1-3-20(4-2)18(22)21(16-8-6-5-7-9-16)17-12-14-10-11-15(13-17)19-14/h14-17,19H,3-13H2,1-2H3. The molecule has 3 fully saturated rings. The topological polar surface area (TPSA) is 35.6 Å². The van der Waals surface area contributed by atoms with E-state index in [1.54, 1.807) is 0 Å². The molecule has 1 aliphatic carbocycles. The van der Waals surface area contributed by atoms with Gasteiger partial charge in [-0.25, -0.2) is 4.79 Å². The van der Waals surface area contributed by atoms with Crippen molar-refractivity contribution in [3.05, 3.63) is 0 Å². The van der Waals surface area contributed by atoms with E-state index in [0.717, 1.165) is 13.1 Å². The molecule has 0 spiro atoms. The van der Waals surface area contributed by atoms with Gasteiger partial charge in [0, 0.05) is 37.3 Å². The zero-order valence-corrected chi connectivity index (χ0v) is 14.4. The first kappa shape index (κ1) is 16.1. The number of fused-ring (bicyclic) bond motifs is 2. The van der Waals surface area contributed by atoms with Crippen LogP contribution in [-0.4, -0.2) is 53.1 Å². The SMILES string of the molecule is CCN(CC)C(=O)N(C1CCCCC1)C1CC2CCC(C1)N2. The van der Waals surface area contributed by atoms with Crippen LogP contribution >= 0.6 is 0 Å². The van der Waals surface area contributed by atoms with Gasteiger partial charge in [0.25, 0.3) is 0 Å². The second-order valence-electron chi connectivity index (χ2n) is 7.42. The molecular weight excluding hydrogens is 274 g/mol. The van der Waals surface area contributed by atoms with Gasteiger partial charge >= 0.3 is 6.03 Å². The lowest BCUT2D eigenvalue weighted by molar-refractivity contribution is 0.0753. The number of nitrogens with zero attached hydrogens (tertiary/aromatic N) is 2. The number of amides is 2. The predicted molar refractivity (Wildman–Crippen MR) is 90.0 cm³/mol. The van der Waals surface area contributed by atoms with E-state index >= 15 is 0 Å². The van der Waals surface area contributed by atoms with Crippen molar-refractivity contribution in [1.82, 2.24) is 15.1 Å². The van der Waals surface area contributed by atoms with E-state index in [2.05, 4.69) is 24.1 Å². The molecule has 2 saturated heterocycles. The fraction of sp³-hybridized carbons (Fsp3) is 0.944. The van der Waals surface area contributed by atoms with Crippen molar-refractivity contribution in [1.29, 1.82) is 0 Å². The van der Waals surface area contributed by atoms with E-state index in [4.69, 9.17) is 0 Å². The van der Waals surface area contributed by atoms with Crippen molar-refractivity contribution in [2.75, 3.05) is 13.1 Å². The lowest BCUT2D eigenvalue weighted by Crippen LogP contribution is -2.57. The maximum absolute atomic E-state index is 13.2. The van der Waals surface area contributed by atoms with Gasteiger partial charge in [0.2, 0.25) is 0 Å². The van der Waals surface area contributed by atoms with Gasteiger partial charge in [-0.1, -0.05) is 19.3 Å². The van der Waals surface area contributed by atoms with Gasteiger partial charge in [0.05, 0.1) is 0 Å². The maximum Gasteiger partial charge on any atom is 0.320 e. The molecular formula is C18H33N3O. The van der Waals surface area contributed by atoms with Gasteiger partial charge < -0.3 is 15.1 Å². The minimum absolute atomic E-state index is 0.309. The van der Waals surface area contributed by atoms with Crippen molar-refractivity contribution in [2.24, 2.45) is 0 Å². The number of piperidine rings is 1. The van der Waals surface area contributed by atoms with Crippen molar-refractivity contribution >= 4 is 6.03 Å². The van der Waals surface area contributed by atoms with Gasteiger partial charge in [-0.2, -0.15) is 0 Å². The quantitative estimate of drug-likeness (QED) is 0.864. The van der Waals surface area contributed by atoms with Crippen LogP contribution in [0.3, 0.4) is 0 Å². The Morgan fingerprint density at radius 3 is 2.05 bits per heavy atom. The van der Waals surface area contributed by atoms with Crippen LogP contribution < -0.4 is 5.32 Å². The maximum atomic E-state index is 13.2. The van der Waals surface area contributed by atoms with E-state index in [1.807, 2.05) is 4.90 Å². The smallest absolute Gasteiger partial charge is 0.320 e. The summed E-state index contributed by atoms with van der Waals surface area (Å²) in [5, 5.41) is 3.72. The van der Waals surface area contributed by atoms with Crippen LogP contribution in [0.4, 0.5) is 4.79 Å². The molecule has 126 valence electrons. The molecule has 2 heterocycles. The van der Waals surface area contributed by atoms with Gasteiger partial charge in [-0.15, -0.1) is 0 Å². The van der Waals surface area contributed by atoms with E-state index in [1.165, 1.54) is 57.8 Å². The highest BCUT2D eigenvalue weighted by Gasteiger charge is 2.41. The highest BCUT2D eigenvalue weighted by molar-refractivity contribution is 5.75. The minimum atomic E-state index is 0.309. The van der Waals surface area contributed by atoms with Crippen LogP contribution in [0.15, 0.2) is 0 Å². The second kappa shape index (κ2) is 7.20. The molecule has 0 aromatic heterocycles. The lowest BCUT2D eigenvalue weighted by atomic mass is 9.90. The molecule has 22 heavy (non-hydrogen) atoms. The van der Waals surface area contributed by atoms with E-state index in [0.29, 0.717) is 30.2 Å². The first-order chi connectivity index (χ1) is 10.7. The number of carbonyl (C=O) groups is 1. The Morgan fingerprint density at radius 2 is 1.50 bits per heavy atom. The van der Waals surface area contributed by atoms with Gasteiger partial charge in [-0.05, 0) is 52.4 Å². The van der Waals surface area contributed by atoms with Crippen LogP contribution in [0.25, 0.3) is 0 Å². The van der Waals surface area contributed by atoms with Crippen molar-refractivity contribution in [3.8, 4) is 0 Å². The highest BCUT2D eigenvalue weighted by atomic mass is 16.2. The average molecular weight is 307 g/mol. The van der Waals surface area contributed by atoms with E-state index < -0.39 is 0 Å². The molecule has 0 radical (unpaired) electrons. The van der Waals surface area contributed by atoms with Gasteiger partial charge in [0.15, 0.2) is 0 Å². The molecule has 4 nitrogen and oxygen atoms in total. The molecule has 4 heteroatoms. The fourth-order valence-electron chi connectivity index (χ4n) is 4.88. The van der Waals surface area contributed by atoms with Crippen LogP contribution in [0, 0.1) is 0 Å².